The van der Waals surface area contributed by atoms with Crippen LogP contribution in [-0.2, 0) is 6.61 Å². The van der Waals surface area contributed by atoms with E-state index in [1.54, 1.807) is 6.07 Å². The molecule has 0 spiro atoms. The molecule has 0 aliphatic carbocycles. The van der Waals surface area contributed by atoms with Crippen molar-refractivity contribution in [1.29, 1.82) is 0 Å². The monoisotopic (exact) mass is 390 g/mol. The Morgan fingerprint density at radius 1 is 1.03 bits per heavy atom. The third-order valence-corrected chi connectivity index (χ3v) is 4.12. The second kappa shape index (κ2) is 9.68. The predicted octanol–water partition coefficient (Wildman–Crippen LogP) is 4.68. The number of ether oxygens (including phenoxy) is 1. The fourth-order valence-electron chi connectivity index (χ4n) is 2.63. The Kier molecular flexibility index (Phi) is 6.79. The highest BCUT2D eigenvalue weighted by atomic mass is 16.5. The van der Waals surface area contributed by atoms with Gasteiger partial charge in [-0.15, -0.1) is 0 Å². The first kappa shape index (κ1) is 20.3. The van der Waals surface area contributed by atoms with Gasteiger partial charge in [-0.05, 0) is 48.7 Å². The summed E-state index contributed by atoms with van der Waals surface area (Å²) in [5.41, 5.74) is 2.84. The third-order valence-electron chi connectivity index (χ3n) is 4.12. The molecule has 1 amide bonds. The normalized spacial score (nSPS) is 10.6. The largest absolute Gasteiger partial charge is 0.489 e. The third kappa shape index (κ3) is 6.31. The highest BCUT2D eigenvalue weighted by molar-refractivity contribution is 6.03. The molecular weight excluding hydrogens is 364 g/mol. The fraction of sp³-hybridized carbons (Fsp3) is 0.261. The van der Waals surface area contributed by atoms with Gasteiger partial charge in [0.25, 0.3) is 5.91 Å². The Morgan fingerprint density at radius 2 is 1.76 bits per heavy atom. The number of nitrogens with one attached hydrogen (secondary N) is 2. The van der Waals surface area contributed by atoms with E-state index in [4.69, 9.17) is 4.74 Å². The Balaban J connectivity index is 1.60. The molecule has 29 heavy (non-hydrogen) atoms. The molecule has 3 rings (SSSR count). The van der Waals surface area contributed by atoms with Gasteiger partial charge in [-0.3, -0.25) is 4.79 Å². The lowest BCUT2D eigenvalue weighted by Crippen LogP contribution is -2.17. The second-order valence-electron chi connectivity index (χ2n) is 7.25. The number of hydrogen-bond acceptors (Lipinski definition) is 5. The van der Waals surface area contributed by atoms with Crippen LogP contribution < -0.4 is 15.4 Å². The van der Waals surface area contributed by atoms with Crippen LogP contribution in [-0.4, -0.2) is 22.4 Å². The van der Waals surface area contributed by atoms with Crippen LogP contribution in [0.15, 0.2) is 60.7 Å². The molecule has 1 heterocycles. The van der Waals surface area contributed by atoms with E-state index in [2.05, 4.69) is 34.4 Å². The molecule has 0 saturated carbocycles. The number of anilines is 2. The zero-order valence-corrected chi connectivity index (χ0v) is 17.0. The zero-order chi connectivity index (χ0) is 20.6. The molecule has 0 saturated heterocycles. The van der Waals surface area contributed by atoms with Gasteiger partial charge in [0.1, 0.15) is 18.1 Å². The molecule has 0 aliphatic rings. The maximum atomic E-state index is 12.6. The Morgan fingerprint density at radius 3 is 2.45 bits per heavy atom. The molecule has 0 radical (unpaired) electrons. The van der Waals surface area contributed by atoms with Crippen LogP contribution in [0.5, 0.6) is 5.75 Å². The summed E-state index contributed by atoms with van der Waals surface area (Å²) >= 11 is 0. The summed E-state index contributed by atoms with van der Waals surface area (Å²) in [6.45, 7) is 7.29. The average Bonchev–Trinajstić information content (AvgIpc) is 2.72. The van der Waals surface area contributed by atoms with Gasteiger partial charge in [0.2, 0.25) is 5.95 Å². The van der Waals surface area contributed by atoms with E-state index in [-0.39, 0.29) is 5.91 Å². The van der Waals surface area contributed by atoms with Gasteiger partial charge >= 0.3 is 0 Å². The molecular formula is C23H26N4O2. The zero-order valence-electron chi connectivity index (χ0n) is 17.0. The van der Waals surface area contributed by atoms with Crippen LogP contribution in [0.1, 0.15) is 35.6 Å². The number of aryl methyl sites for hydroxylation is 1. The van der Waals surface area contributed by atoms with Crippen LogP contribution in [0.25, 0.3) is 0 Å². The van der Waals surface area contributed by atoms with Gasteiger partial charge in [0.15, 0.2) is 0 Å². The van der Waals surface area contributed by atoms with Crippen LogP contribution in [0.2, 0.25) is 0 Å². The lowest BCUT2D eigenvalue weighted by Gasteiger charge is -2.11. The van der Waals surface area contributed by atoms with Crippen molar-refractivity contribution in [2.24, 2.45) is 5.92 Å². The maximum absolute atomic E-state index is 12.6. The first-order valence-corrected chi connectivity index (χ1v) is 9.67. The molecule has 0 unspecified atom stereocenters. The molecule has 0 aliphatic heterocycles. The van der Waals surface area contributed by atoms with E-state index < -0.39 is 0 Å². The Hall–Kier alpha value is -3.41. The second-order valence-corrected chi connectivity index (χ2v) is 7.25. The molecule has 2 aromatic carbocycles. The highest BCUT2D eigenvalue weighted by Gasteiger charge is 2.11. The van der Waals surface area contributed by atoms with Crippen molar-refractivity contribution in [2.75, 3.05) is 17.2 Å². The summed E-state index contributed by atoms with van der Waals surface area (Å²) in [4.78, 5) is 21.2. The number of amides is 1. The van der Waals surface area contributed by atoms with Crippen molar-refractivity contribution in [3.8, 4) is 5.75 Å². The molecule has 2 N–H and O–H groups in total. The lowest BCUT2D eigenvalue weighted by molar-refractivity contribution is 0.102. The van der Waals surface area contributed by atoms with Crippen molar-refractivity contribution in [2.45, 2.75) is 27.4 Å². The summed E-state index contributed by atoms with van der Waals surface area (Å²) < 4.78 is 5.77. The Bertz CT molecular complexity index is 941. The minimum atomic E-state index is -0.277. The van der Waals surface area contributed by atoms with Gasteiger partial charge in [0, 0.05) is 17.9 Å². The summed E-state index contributed by atoms with van der Waals surface area (Å²) in [6, 6.07) is 18.9. The molecule has 1 aromatic heterocycles. The summed E-state index contributed by atoms with van der Waals surface area (Å²) in [5.74, 6) is 1.39. The molecule has 3 aromatic rings. The van der Waals surface area contributed by atoms with E-state index in [0.717, 1.165) is 23.6 Å². The van der Waals surface area contributed by atoms with Crippen molar-refractivity contribution < 1.29 is 9.53 Å². The van der Waals surface area contributed by atoms with Crippen LogP contribution >= 0.6 is 0 Å². The molecule has 0 bridgehead atoms. The van der Waals surface area contributed by atoms with Gasteiger partial charge in [-0.1, -0.05) is 44.2 Å². The number of carbonyl (C=O) groups excluding carboxylic acids is 1. The standard InChI is InChI=1S/C23H26N4O2/c1-16(2)14-24-23-25-17(3)13-21(27-23)22(28)26-19-9-11-20(12-10-19)29-15-18-7-5-4-6-8-18/h4-13,16H,14-15H2,1-3H3,(H,26,28)(H,24,25,27). The molecule has 150 valence electrons. The molecule has 0 fully saturated rings. The quantitative estimate of drug-likeness (QED) is 0.584. The van der Waals surface area contributed by atoms with E-state index in [9.17, 15) is 4.79 Å². The number of nitrogens with zero attached hydrogens (tertiary/aromatic N) is 2. The van der Waals surface area contributed by atoms with Gasteiger partial charge in [-0.25, -0.2) is 9.97 Å². The molecule has 6 nitrogen and oxygen atoms in total. The number of carbonyl (C=O) groups is 1. The van der Waals surface area contributed by atoms with Crippen molar-refractivity contribution in [3.05, 3.63) is 77.6 Å². The van der Waals surface area contributed by atoms with Crippen molar-refractivity contribution in [1.82, 2.24) is 9.97 Å². The number of aromatic nitrogens is 2. The lowest BCUT2D eigenvalue weighted by atomic mass is 10.2. The Labute approximate surface area is 171 Å². The summed E-state index contributed by atoms with van der Waals surface area (Å²) in [5, 5.41) is 6.03. The topological polar surface area (TPSA) is 76.1 Å². The van der Waals surface area contributed by atoms with E-state index in [0.29, 0.717) is 29.9 Å². The number of hydrogen-bond donors (Lipinski definition) is 2. The summed E-state index contributed by atoms with van der Waals surface area (Å²) in [7, 11) is 0. The van der Waals surface area contributed by atoms with Gasteiger partial charge < -0.3 is 15.4 Å². The minimum Gasteiger partial charge on any atom is -0.489 e. The van der Waals surface area contributed by atoms with Crippen molar-refractivity contribution in [3.63, 3.8) is 0 Å². The number of rotatable bonds is 8. The van der Waals surface area contributed by atoms with E-state index >= 15 is 0 Å². The van der Waals surface area contributed by atoms with Crippen LogP contribution in [0.4, 0.5) is 11.6 Å². The smallest absolute Gasteiger partial charge is 0.274 e. The van der Waals surface area contributed by atoms with Gasteiger partial charge in [0.05, 0.1) is 0 Å². The SMILES string of the molecule is Cc1cc(C(=O)Nc2ccc(OCc3ccccc3)cc2)nc(NCC(C)C)n1. The van der Waals surface area contributed by atoms with E-state index in [1.165, 1.54) is 0 Å². The molecule has 6 heteroatoms. The van der Waals surface area contributed by atoms with Crippen LogP contribution in [0.3, 0.4) is 0 Å². The molecule has 0 atom stereocenters. The average molecular weight is 390 g/mol. The summed E-state index contributed by atoms with van der Waals surface area (Å²) in [6.07, 6.45) is 0. The van der Waals surface area contributed by atoms with E-state index in [1.807, 2.05) is 61.5 Å². The predicted molar refractivity (Wildman–Crippen MR) is 115 cm³/mol. The minimum absolute atomic E-state index is 0.277. The van der Waals surface area contributed by atoms with Crippen LogP contribution in [0, 0.1) is 12.8 Å². The first-order chi connectivity index (χ1) is 14.0. The van der Waals surface area contributed by atoms with Crippen molar-refractivity contribution >= 4 is 17.5 Å². The highest BCUT2D eigenvalue weighted by Crippen LogP contribution is 2.18. The fourth-order valence-corrected chi connectivity index (χ4v) is 2.63. The number of benzene rings is 2. The maximum Gasteiger partial charge on any atom is 0.274 e. The van der Waals surface area contributed by atoms with Gasteiger partial charge in [-0.2, -0.15) is 0 Å². The first-order valence-electron chi connectivity index (χ1n) is 9.67.